The van der Waals surface area contributed by atoms with E-state index in [1.165, 1.54) is 18.6 Å². The molecule has 0 aliphatic rings. The van der Waals surface area contributed by atoms with E-state index < -0.39 is 16.4 Å². The average molecular weight is 399 g/mol. The van der Waals surface area contributed by atoms with Gasteiger partial charge in [-0.2, -0.15) is 8.78 Å². The summed E-state index contributed by atoms with van der Waals surface area (Å²) in [5.41, 5.74) is 1.49. The second-order valence-corrected chi connectivity index (χ2v) is 7.93. The number of sulfone groups is 1. The Kier molecular flexibility index (Phi) is 6.89. The number of imidazole rings is 1. The zero-order valence-electron chi connectivity index (χ0n) is 15.4. The standard InChI is InChI=1S/C17H23F2N5O2S/c1-4-20-17(23-11-15-21-7-8-24(15)16(18)19)22-10-13-5-6-14(12(2)9-13)27(3,25)26/h5-9,16H,4,10-11H2,1-3H3,(H2,20,22,23). The normalized spacial score (nSPS) is 12.4. The molecule has 0 atom stereocenters. The lowest BCUT2D eigenvalue weighted by molar-refractivity contribution is 0.0668. The third-order valence-electron chi connectivity index (χ3n) is 3.78. The summed E-state index contributed by atoms with van der Waals surface area (Å²) in [6.45, 7) is 1.97. The van der Waals surface area contributed by atoms with Crippen molar-refractivity contribution in [3.8, 4) is 0 Å². The molecule has 0 unspecified atom stereocenters. The third-order valence-corrected chi connectivity index (χ3v) is 5.03. The number of hydrogen-bond acceptors (Lipinski definition) is 4. The lowest BCUT2D eigenvalue weighted by atomic mass is 10.1. The van der Waals surface area contributed by atoms with Gasteiger partial charge in [-0.05, 0) is 31.0 Å². The van der Waals surface area contributed by atoms with Crippen LogP contribution >= 0.6 is 0 Å². The van der Waals surface area contributed by atoms with Crippen LogP contribution in [0.15, 0.2) is 40.5 Å². The highest BCUT2D eigenvalue weighted by Gasteiger charge is 2.12. The van der Waals surface area contributed by atoms with Gasteiger partial charge in [-0.3, -0.25) is 4.57 Å². The lowest BCUT2D eigenvalue weighted by Crippen LogP contribution is -2.37. The van der Waals surface area contributed by atoms with Crippen molar-refractivity contribution in [2.45, 2.75) is 38.4 Å². The predicted octanol–water partition coefficient (Wildman–Crippen LogP) is 2.25. The van der Waals surface area contributed by atoms with Crippen molar-refractivity contribution in [1.82, 2.24) is 20.2 Å². The molecule has 7 nitrogen and oxygen atoms in total. The Hall–Kier alpha value is -2.49. The second-order valence-electron chi connectivity index (χ2n) is 5.95. The Bertz CT molecular complexity index is 910. The fraction of sp³-hybridized carbons (Fsp3) is 0.412. The topological polar surface area (TPSA) is 88.4 Å². The molecule has 0 saturated heterocycles. The summed E-state index contributed by atoms with van der Waals surface area (Å²) in [5.74, 6) is 0.648. The lowest BCUT2D eigenvalue weighted by Gasteiger charge is -2.12. The number of alkyl halides is 2. The second kappa shape index (κ2) is 8.94. The van der Waals surface area contributed by atoms with E-state index in [0.29, 0.717) is 29.5 Å². The SMILES string of the molecule is CCNC(=NCc1ccc(S(C)(=O)=O)c(C)c1)NCc1nccn1C(F)F. The summed E-state index contributed by atoms with van der Waals surface area (Å²) in [6, 6.07) is 5.04. The molecule has 0 aliphatic carbocycles. The number of benzene rings is 1. The van der Waals surface area contributed by atoms with E-state index in [2.05, 4.69) is 20.6 Å². The smallest absolute Gasteiger partial charge is 0.319 e. The number of nitrogens with zero attached hydrogens (tertiary/aromatic N) is 3. The van der Waals surface area contributed by atoms with E-state index in [-0.39, 0.29) is 12.4 Å². The van der Waals surface area contributed by atoms with Gasteiger partial charge in [0.05, 0.1) is 18.0 Å². The largest absolute Gasteiger partial charge is 0.357 e. The number of halogens is 2. The maximum absolute atomic E-state index is 12.9. The van der Waals surface area contributed by atoms with Crippen molar-refractivity contribution in [3.63, 3.8) is 0 Å². The molecule has 0 saturated carbocycles. The quantitative estimate of drug-likeness (QED) is 0.551. The van der Waals surface area contributed by atoms with Crippen LogP contribution in [0.2, 0.25) is 0 Å². The fourth-order valence-corrected chi connectivity index (χ4v) is 3.52. The number of aliphatic imine (C=N–C) groups is 1. The van der Waals surface area contributed by atoms with Crippen molar-refractivity contribution >= 4 is 15.8 Å². The number of aromatic nitrogens is 2. The molecule has 0 spiro atoms. The molecule has 27 heavy (non-hydrogen) atoms. The van der Waals surface area contributed by atoms with Crippen LogP contribution < -0.4 is 10.6 Å². The molecular weight excluding hydrogens is 376 g/mol. The van der Waals surface area contributed by atoms with Crippen molar-refractivity contribution in [1.29, 1.82) is 0 Å². The predicted molar refractivity (Wildman–Crippen MR) is 99.4 cm³/mol. The van der Waals surface area contributed by atoms with Crippen LogP contribution in [-0.4, -0.2) is 36.7 Å². The molecule has 2 rings (SSSR count). The Morgan fingerprint density at radius 3 is 2.67 bits per heavy atom. The van der Waals surface area contributed by atoms with Crippen molar-refractivity contribution in [2.24, 2.45) is 4.99 Å². The molecule has 0 aliphatic heterocycles. The van der Waals surface area contributed by atoms with Crippen LogP contribution in [0.5, 0.6) is 0 Å². The van der Waals surface area contributed by atoms with Gasteiger partial charge < -0.3 is 10.6 Å². The maximum Gasteiger partial charge on any atom is 0.319 e. The summed E-state index contributed by atoms with van der Waals surface area (Å²) in [4.78, 5) is 8.61. The number of rotatable bonds is 7. The molecule has 0 amide bonds. The number of hydrogen-bond donors (Lipinski definition) is 2. The monoisotopic (exact) mass is 399 g/mol. The molecule has 0 bridgehead atoms. The van der Waals surface area contributed by atoms with Gasteiger partial charge >= 0.3 is 6.55 Å². The first-order valence-corrected chi connectivity index (χ1v) is 10.2. The van der Waals surface area contributed by atoms with Gasteiger partial charge in [0, 0.05) is 25.2 Å². The van der Waals surface area contributed by atoms with Gasteiger partial charge in [0.25, 0.3) is 0 Å². The molecule has 0 fully saturated rings. The van der Waals surface area contributed by atoms with Gasteiger partial charge in [-0.25, -0.2) is 18.4 Å². The Labute approximate surface area is 157 Å². The summed E-state index contributed by atoms with van der Waals surface area (Å²) >= 11 is 0. The minimum Gasteiger partial charge on any atom is -0.357 e. The maximum atomic E-state index is 12.9. The van der Waals surface area contributed by atoms with E-state index >= 15 is 0 Å². The first-order chi connectivity index (χ1) is 12.7. The highest BCUT2D eigenvalue weighted by Crippen LogP contribution is 2.17. The Balaban J connectivity index is 2.09. The summed E-state index contributed by atoms with van der Waals surface area (Å²) in [5, 5.41) is 6.00. The molecule has 1 aromatic heterocycles. The van der Waals surface area contributed by atoms with E-state index in [0.717, 1.165) is 10.1 Å². The first-order valence-electron chi connectivity index (χ1n) is 8.34. The molecular formula is C17H23F2N5O2S. The fourth-order valence-electron chi connectivity index (χ4n) is 2.56. The average Bonchev–Trinajstić information content (AvgIpc) is 3.05. The summed E-state index contributed by atoms with van der Waals surface area (Å²) in [6.07, 6.45) is 3.71. The molecule has 148 valence electrons. The molecule has 2 N–H and O–H groups in total. The highest BCUT2D eigenvalue weighted by molar-refractivity contribution is 7.90. The van der Waals surface area contributed by atoms with Crippen molar-refractivity contribution in [2.75, 3.05) is 12.8 Å². The molecule has 1 aromatic carbocycles. The number of nitrogens with one attached hydrogen (secondary N) is 2. The van der Waals surface area contributed by atoms with Gasteiger partial charge in [0.1, 0.15) is 5.82 Å². The van der Waals surface area contributed by atoms with Crippen LogP contribution in [0.1, 0.15) is 30.4 Å². The summed E-state index contributed by atoms with van der Waals surface area (Å²) < 4.78 is 49.9. The zero-order chi connectivity index (χ0) is 20.0. The van der Waals surface area contributed by atoms with E-state index in [1.807, 2.05) is 6.92 Å². The third kappa shape index (κ3) is 5.75. The van der Waals surface area contributed by atoms with Crippen molar-refractivity contribution < 1.29 is 17.2 Å². The van der Waals surface area contributed by atoms with Gasteiger partial charge in [0.15, 0.2) is 15.8 Å². The zero-order valence-corrected chi connectivity index (χ0v) is 16.2. The van der Waals surface area contributed by atoms with Crippen LogP contribution in [0, 0.1) is 6.92 Å². The highest BCUT2D eigenvalue weighted by atomic mass is 32.2. The van der Waals surface area contributed by atoms with E-state index in [4.69, 9.17) is 0 Å². The van der Waals surface area contributed by atoms with Gasteiger partial charge in [-0.15, -0.1) is 0 Å². The van der Waals surface area contributed by atoms with Crippen LogP contribution in [0.3, 0.4) is 0 Å². The number of aryl methyl sites for hydroxylation is 1. The Morgan fingerprint density at radius 2 is 2.07 bits per heavy atom. The number of guanidine groups is 1. The summed E-state index contributed by atoms with van der Waals surface area (Å²) in [7, 11) is -3.27. The van der Waals surface area contributed by atoms with Gasteiger partial charge in [-0.1, -0.05) is 12.1 Å². The first kappa shape index (κ1) is 20.8. The Morgan fingerprint density at radius 1 is 1.33 bits per heavy atom. The minimum absolute atomic E-state index is 0.0925. The van der Waals surface area contributed by atoms with E-state index in [1.54, 1.807) is 25.1 Å². The molecule has 2 aromatic rings. The molecule has 10 heteroatoms. The van der Waals surface area contributed by atoms with Crippen LogP contribution in [0.25, 0.3) is 0 Å². The van der Waals surface area contributed by atoms with Gasteiger partial charge in [0.2, 0.25) is 0 Å². The molecule has 0 radical (unpaired) electrons. The minimum atomic E-state index is -3.27. The molecule has 1 heterocycles. The van der Waals surface area contributed by atoms with Crippen LogP contribution in [-0.2, 0) is 22.9 Å². The van der Waals surface area contributed by atoms with E-state index in [9.17, 15) is 17.2 Å². The van der Waals surface area contributed by atoms with Crippen molar-refractivity contribution in [3.05, 3.63) is 47.5 Å². The van der Waals surface area contributed by atoms with Crippen LogP contribution in [0.4, 0.5) is 8.78 Å².